The van der Waals surface area contributed by atoms with Crippen molar-refractivity contribution >= 4 is 46.9 Å². The van der Waals surface area contributed by atoms with E-state index in [1.54, 1.807) is 11.1 Å². The van der Waals surface area contributed by atoms with Crippen LogP contribution in [-0.2, 0) is 11.3 Å². The van der Waals surface area contributed by atoms with Gasteiger partial charge in [-0.25, -0.2) is 9.79 Å². The number of aliphatic imine (C=N–C) groups is 1. The Kier molecular flexibility index (Phi) is 8.08. The number of nitrogens with one attached hydrogen (secondary N) is 1. The van der Waals surface area contributed by atoms with Crippen LogP contribution in [0, 0.1) is 0 Å². The SMILES string of the molecule is CCOC(=O)N1CCC(NC(N)=NCc2cccc3cccnc23)CC1.I. The molecule has 7 nitrogen and oxygen atoms in total. The van der Waals surface area contributed by atoms with Crippen molar-refractivity contribution in [2.24, 2.45) is 10.7 Å². The summed E-state index contributed by atoms with van der Waals surface area (Å²) >= 11 is 0. The molecule has 1 aliphatic heterocycles. The third kappa shape index (κ3) is 5.69. The Balaban J connectivity index is 0.00000261. The molecule has 1 aromatic carbocycles. The molecule has 1 aliphatic rings. The number of aromatic nitrogens is 1. The molecule has 3 rings (SSSR count). The number of piperidine rings is 1. The van der Waals surface area contributed by atoms with Crippen molar-refractivity contribution in [3.05, 3.63) is 42.1 Å². The number of likely N-dealkylation sites (tertiary alicyclic amines) is 1. The van der Waals surface area contributed by atoms with E-state index in [4.69, 9.17) is 10.5 Å². The predicted octanol–water partition coefficient (Wildman–Crippen LogP) is 2.88. The molecule has 146 valence electrons. The van der Waals surface area contributed by atoms with Gasteiger partial charge in [-0.1, -0.05) is 24.3 Å². The van der Waals surface area contributed by atoms with Gasteiger partial charge < -0.3 is 20.7 Å². The minimum absolute atomic E-state index is 0. The predicted molar refractivity (Wildman–Crippen MR) is 117 cm³/mol. The van der Waals surface area contributed by atoms with Crippen LogP contribution >= 0.6 is 24.0 Å². The molecule has 8 heteroatoms. The van der Waals surface area contributed by atoms with Crippen molar-refractivity contribution < 1.29 is 9.53 Å². The monoisotopic (exact) mass is 483 g/mol. The summed E-state index contributed by atoms with van der Waals surface area (Å²) in [4.78, 5) is 22.4. The molecule has 0 unspecified atom stereocenters. The number of hydrogen-bond acceptors (Lipinski definition) is 4. The van der Waals surface area contributed by atoms with Crippen molar-refractivity contribution in [3.63, 3.8) is 0 Å². The summed E-state index contributed by atoms with van der Waals surface area (Å²) in [5, 5.41) is 4.35. The van der Waals surface area contributed by atoms with Crippen LogP contribution in [0.5, 0.6) is 0 Å². The minimum Gasteiger partial charge on any atom is -0.450 e. The molecule has 0 bridgehead atoms. The van der Waals surface area contributed by atoms with Crippen LogP contribution in [0.1, 0.15) is 25.3 Å². The molecule has 2 aromatic rings. The molecule has 2 heterocycles. The van der Waals surface area contributed by atoms with E-state index in [0.29, 0.717) is 32.2 Å². The van der Waals surface area contributed by atoms with Crippen LogP contribution in [0.4, 0.5) is 4.79 Å². The number of rotatable bonds is 4. The van der Waals surface area contributed by atoms with Gasteiger partial charge >= 0.3 is 6.09 Å². The number of benzene rings is 1. The number of carbonyl (C=O) groups excluding carboxylic acids is 1. The second kappa shape index (κ2) is 10.3. The first-order valence-corrected chi connectivity index (χ1v) is 8.98. The normalized spacial score (nSPS) is 15.3. The lowest BCUT2D eigenvalue weighted by Crippen LogP contribution is -2.48. The Morgan fingerprint density at radius 3 is 2.81 bits per heavy atom. The van der Waals surface area contributed by atoms with Crippen molar-refractivity contribution in [1.82, 2.24) is 15.2 Å². The van der Waals surface area contributed by atoms with E-state index in [1.165, 1.54) is 0 Å². The first kappa shape index (κ1) is 21.2. The van der Waals surface area contributed by atoms with Gasteiger partial charge in [-0.2, -0.15) is 0 Å². The summed E-state index contributed by atoms with van der Waals surface area (Å²) < 4.78 is 5.03. The Labute approximate surface area is 176 Å². The zero-order chi connectivity index (χ0) is 18.4. The van der Waals surface area contributed by atoms with Crippen LogP contribution in [0.2, 0.25) is 0 Å². The van der Waals surface area contributed by atoms with E-state index in [9.17, 15) is 4.79 Å². The number of carbonyl (C=O) groups is 1. The number of para-hydroxylation sites is 1. The molecule has 1 aromatic heterocycles. The third-order valence-electron chi connectivity index (χ3n) is 4.51. The molecular formula is C19H26IN5O2. The van der Waals surface area contributed by atoms with Crippen LogP contribution in [0.3, 0.4) is 0 Å². The Morgan fingerprint density at radius 2 is 2.07 bits per heavy atom. The highest BCUT2D eigenvalue weighted by molar-refractivity contribution is 14.0. The third-order valence-corrected chi connectivity index (χ3v) is 4.51. The summed E-state index contributed by atoms with van der Waals surface area (Å²) in [6, 6.07) is 10.2. The van der Waals surface area contributed by atoms with Crippen LogP contribution in [0.15, 0.2) is 41.5 Å². The van der Waals surface area contributed by atoms with Crippen molar-refractivity contribution in [3.8, 4) is 0 Å². The van der Waals surface area contributed by atoms with Gasteiger partial charge in [0.05, 0.1) is 18.7 Å². The fraction of sp³-hybridized carbons (Fsp3) is 0.421. The van der Waals surface area contributed by atoms with E-state index in [2.05, 4.69) is 15.3 Å². The molecule has 0 saturated carbocycles. The number of nitrogens with zero attached hydrogens (tertiary/aromatic N) is 3. The van der Waals surface area contributed by atoms with Gasteiger partial charge in [0.2, 0.25) is 0 Å². The minimum atomic E-state index is -0.240. The maximum absolute atomic E-state index is 11.7. The number of pyridine rings is 1. The number of amides is 1. The first-order chi connectivity index (χ1) is 12.7. The Morgan fingerprint density at radius 1 is 1.33 bits per heavy atom. The van der Waals surface area contributed by atoms with Gasteiger partial charge in [0.25, 0.3) is 0 Å². The molecule has 27 heavy (non-hydrogen) atoms. The molecule has 0 spiro atoms. The molecular weight excluding hydrogens is 457 g/mol. The Hall–Kier alpha value is -2.10. The summed E-state index contributed by atoms with van der Waals surface area (Å²) in [5.41, 5.74) is 8.05. The van der Waals surface area contributed by atoms with Gasteiger partial charge in [-0.05, 0) is 31.4 Å². The largest absolute Gasteiger partial charge is 0.450 e. The average molecular weight is 483 g/mol. The second-order valence-electron chi connectivity index (χ2n) is 6.30. The zero-order valence-electron chi connectivity index (χ0n) is 15.4. The lowest BCUT2D eigenvalue weighted by atomic mass is 10.1. The second-order valence-corrected chi connectivity index (χ2v) is 6.30. The van der Waals surface area contributed by atoms with Gasteiger partial charge in [0.1, 0.15) is 0 Å². The molecule has 0 atom stereocenters. The number of halogens is 1. The van der Waals surface area contributed by atoms with Gasteiger partial charge in [0.15, 0.2) is 5.96 Å². The molecule has 1 saturated heterocycles. The van der Waals surface area contributed by atoms with Crippen molar-refractivity contribution in [2.45, 2.75) is 32.4 Å². The van der Waals surface area contributed by atoms with Gasteiger partial charge in [-0.15, -0.1) is 24.0 Å². The zero-order valence-corrected chi connectivity index (χ0v) is 17.8. The summed E-state index contributed by atoms with van der Waals surface area (Å²) in [6.07, 6.45) is 3.19. The highest BCUT2D eigenvalue weighted by atomic mass is 127. The lowest BCUT2D eigenvalue weighted by Gasteiger charge is -2.31. The number of nitrogens with two attached hydrogens (primary N) is 1. The van der Waals surface area contributed by atoms with Crippen LogP contribution in [0.25, 0.3) is 10.9 Å². The molecule has 0 radical (unpaired) electrons. The van der Waals surface area contributed by atoms with Gasteiger partial charge in [0, 0.05) is 30.7 Å². The fourth-order valence-electron chi connectivity index (χ4n) is 3.14. The number of fused-ring (bicyclic) bond motifs is 1. The molecule has 1 amide bonds. The highest BCUT2D eigenvalue weighted by Crippen LogP contribution is 2.16. The van der Waals surface area contributed by atoms with E-state index in [0.717, 1.165) is 29.3 Å². The number of ether oxygens (including phenoxy) is 1. The van der Waals surface area contributed by atoms with Crippen LogP contribution in [-0.4, -0.2) is 47.7 Å². The molecule has 1 fully saturated rings. The van der Waals surface area contributed by atoms with Crippen molar-refractivity contribution in [1.29, 1.82) is 0 Å². The molecule has 3 N–H and O–H groups in total. The van der Waals surface area contributed by atoms with Gasteiger partial charge in [-0.3, -0.25) is 4.98 Å². The fourth-order valence-corrected chi connectivity index (χ4v) is 3.14. The summed E-state index contributed by atoms with van der Waals surface area (Å²) in [7, 11) is 0. The lowest BCUT2D eigenvalue weighted by molar-refractivity contribution is 0.0963. The quantitative estimate of drug-likeness (QED) is 0.397. The number of hydrogen-bond donors (Lipinski definition) is 2. The Bertz CT molecular complexity index is 785. The maximum atomic E-state index is 11.7. The standard InChI is InChI=1S/C19H25N5O2.HI/c1-2-26-19(25)24-11-8-16(9-12-24)23-18(20)22-13-15-6-3-5-14-7-4-10-21-17(14)15;/h3-7,10,16H,2,8-9,11-13H2,1H3,(H3,20,22,23);1H. The smallest absolute Gasteiger partial charge is 0.409 e. The van der Waals surface area contributed by atoms with Crippen LogP contribution < -0.4 is 11.1 Å². The number of guanidine groups is 1. The van der Waals surface area contributed by atoms with E-state index < -0.39 is 0 Å². The van der Waals surface area contributed by atoms with E-state index >= 15 is 0 Å². The van der Waals surface area contributed by atoms with E-state index in [1.807, 2.05) is 37.3 Å². The maximum Gasteiger partial charge on any atom is 0.409 e. The highest BCUT2D eigenvalue weighted by Gasteiger charge is 2.23. The first-order valence-electron chi connectivity index (χ1n) is 8.98. The van der Waals surface area contributed by atoms with E-state index in [-0.39, 0.29) is 36.1 Å². The van der Waals surface area contributed by atoms with Crippen molar-refractivity contribution in [2.75, 3.05) is 19.7 Å². The molecule has 0 aliphatic carbocycles. The summed E-state index contributed by atoms with van der Waals surface area (Å²) in [6.45, 7) is 4.03. The topological polar surface area (TPSA) is 92.8 Å². The average Bonchev–Trinajstić information content (AvgIpc) is 2.67. The summed E-state index contributed by atoms with van der Waals surface area (Å²) in [5.74, 6) is 0.424.